The number of nitrogens with zero attached hydrogens (tertiary/aromatic N) is 2. The number of carboxylic acids is 1. The molecule has 0 aliphatic carbocycles. The highest BCUT2D eigenvalue weighted by Gasteiger charge is 2.17. The first-order chi connectivity index (χ1) is 9.97. The van der Waals surface area contributed by atoms with Crippen LogP contribution in [0.25, 0.3) is 10.9 Å². The number of benzene rings is 1. The van der Waals surface area contributed by atoms with Gasteiger partial charge in [-0.1, -0.05) is 25.1 Å². The fourth-order valence-corrected chi connectivity index (χ4v) is 1.93. The molecule has 21 heavy (non-hydrogen) atoms. The summed E-state index contributed by atoms with van der Waals surface area (Å²) >= 11 is 0. The Morgan fingerprint density at radius 1 is 1.38 bits per heavy atom. The molecule has 1 aromatic carbocycles. The number of amides is 2. The van der Waals surface area contributed by atoms with Crippen molar-refractivity contribution < 1.29 is 14.7 Å². The van der Waals surface area contributed by atoms with E-state index >= 15 is 0 Å². The van der Waals surface area contributed by atoms with Gasteiger partial charge in [0.15, 0.2) is 0 Å². The normalized spacial score (nSPS) is 11.9. The van der Waals surface area contributed by atoms with Gasteiger partial charge in [-0.15, -0.1) is 0 Å². The van der Waals surface area contributed by atoms with Gasteiger partial charge in [-0.3, -0.25) is 9.78 Å². The fraction of sp³-hybridized carbons (Fsp3) is 0.267. The molecule has 0 aliphatic heterocycles. The van der Waals surface area contributed by atoms with Crippen LogP contribution in [0.4, 0.5) is 10.5 Å². The molecule has 0 aliphatic rings. The summed E-state index contributed by atoms with van der Waals surface area (Å²) in [6.45, 7) is 1.70. The Balaban J connectivity index is 2.05. The third-order valence-electron chi connectivity index (χ3n) is 3.16. The first-order valence-corrected chi connectivity index (χ1v) is 6.57. The smallest absolute Gasteiger partial charge is 0.321 e. The average molecular weight is 287 g/mol. The molecular weight excluding hydrogens is 270 g/mol. The van der Waals surface area contributed by atoms with Gasteiger partial charge < -0.3 is 15.3 Å². The first kappa shape index (κ1) is 14.8. The molecule has 2 aromatic rings. The van der Waals surface area contributed by atoms with E-state index < -0.39 is 11.9 Å². The van der Waals surface area contributed by atoms with E-state index in [2.05, 4.69) is 10.3 Å². The van der Waals surface area contributed by atoms with Crippen LogP contribution >= 0.6 is 0 Å². The minimum absolute atomic E-state index is 0.141. The van der Waals surface area contributed by atoms with Crippen LogP contribution < -0.4 is 5.32 Å². The van der Waals surface area contributed by atoms with Crippen LogP contribution in [0.15, 0.2) is 36.5 Å². The monoisotopic (exact) mass is 287 g/mol. The lowest BCUT2D eigenvalue weighted by Crippen LogP contribution is -2.36. The minimum atomic E-state index is -0.929. The predicted molar refractivity (Wildman–Crippen MR) is 80.2 cm³/mol. The number of aromatic nitrogens is 1. The lowest BCUT2D eigenvalue weighted by Gasteiger charge is -2.20. The summed E-state index contributed by atoms with van der Waals surface area (Å²) in [5.74, 6) is -1.54. The topological polar surface area (TPSA) is 82.5 Å². The molecule has 2 amide bonds. The molecule has 1 atom stereocenters. The van der Waals surface area contributed by atoms with Crippen LogP contribution in [0.2, 0.25) is 0 Å². The summed E-state index contributed by atoms with van der Waals surface area (Å²) in [4.78, 5) is 28.4. The number of hydrogen-bond donors (Lipinski definition) is 2. The van der Waals surface area contributed by atoms with Crippen molar-refractivity contribution in [3.8, 4) is 0 Å². The van der Waals surface area contributed by atoms with E-state index in [0.717, 1.165) is 10.9 Å². The number of hydrogen-bond acceptors (Lipinski definition) is 3. The maximum absolute atomic E-state index is 12.0. The fourth-order valence-electron chi connectivity index (χ4n) is 1.93. The quantitative estimate of drug-likeness (QED) is 0.904. The van der Waals surface area contributed by atoms with Crippen molar-refractivity contribution in [3.63, 3.8) is 0 Å². The zero-order valence-corrected chi connectivity index (χ0v) is 11.9. The number of anilines is 1. The number of aliphatic carboxylic acids is 1. The number of para-hydroxylation sites is 1. The predicted octanol–water partition coefficient (Wildman–Crippen LogP) is 2.42. The summed E-state index contributed by atoms with van der Waals surface area (Å²) in [5.41, 5.74) is 1.43. The number of urea groups is 1. The van der Waals surface area contributed by atoms with Crippen LogP contribution in [0.3, 0.4) is 0 Å². The zero-order valence-electron chi connectivity index (χ0n) is 11.9. The molecule has 0 saturated heterocycles. The number of carbonyl (C=O) groups excluding carboxylic acids is 1. The van der Waals surface area contributed by atoms with Crippen LogP contribution in [-0.4, -0.2) is 40.6 Å². The summed E-state index contributed by atoms with van der Waals surface area (Å²) in [6, 6.07) is 9.07. The molecule has 0 radical (unpaired) electrons. The van der Waals surface area contributed by atoms with Gasteiger partial charge >= 0.3 is 12.0 Å². The van der Waals surface area contributed by atoms with Gasteiger partial charge in [0.25, 0.3) is 0 Å². The Morgan fingerprint density at radius 3 is 2.81 bits per heavy atom. The van der Waals surface area contributed by atoms with Gasteiger partial charge in [-0.2, -0.15) is 0 Å². The van der Waals surface area contributed by atoms with Gasteiger partial charge in [-0.25, -0.2) is 4.79 Å². The molecule has 0 saturated carbocycles. The summed E-state index contributed by atoms with van der Waals surface area (Å²) in [6.07, 6.45) is 1.58. The van der Waals surface area contributed by atoms with Crippen molar-refractivity contribution in [2.45, 2.75) is 6.92 Å². The van der Waals surface area contributed by atoms with Crippen molar-refractivity contribution in [3.05, 3.63) is 36.5 Å². The molecule has 1 aromatic heterocycles. The van der Waals surface area contributed by atoms with Crippen LogP contribution in [0.1, 0.15) is 6.92 Å². The largest absolute Gasteiger partial charge is 0.481 e. The van der Waals surface area contributed by atoms with Crippen molar-refractivity contribution in [1.82, 2.24) is 9.88 Å². The van der Waals surface area contributed by atoms with Crippen molar-refractivity contribution in [1.29, 1.82) is 0 Å². The first-order valence-electron chi connectivity index (χ1n) is 6.57. The van der Waals surface area contributed by atoms with Crippen molar-refractivity contribution in [2.75, 3.05) is 18.9 Å². The lowest BCUT2D eigenvalue weighted by atomic mass is 10.2. The number of nitrogens with one attached hydrogen (secondary N) is 1. The van der Waals surface area contributed by atoms with E-state index in [9.17, 15) is 9.59 Å². The second-order valence-corrected chi connectivity index (χ2v) is 4.97. The third kappa shape index (κ3) is 3.68. The number of rotatable bonds is 4. The summed E-state index contributed by atoms with van der Waals surface area (Å²) < 4.78 is 0. The van der Waals surface area contributed by atoms with Crippen LogP contribution in [0.5, 0.6) is 0 Å². The number of carbonyl (C=O) groups is 2. The van der Waals surface area contributed by atoms with Gasteiger partial charge in [0, 0.05) is 19.0 Å². The molecule has 0 bridgehead atoms. The Morgan fingerprint density at radius 2 is 2.10 bits per heavy atom. The van der Waals surface area contributed by atoms with E-state index in [1.54, 1.807) is 20.2 Å². The lowest BCUT2D eigenvalue weighted by molar-refractivity contribution is -0.141. The molecule has 0 fully saturated rings. The Hall–Kier alpha value is -2.63. The Kier molecular flexibility index (Phi) is 4.37. The zero-order chi connectivity index (χ0) is 15.4. The van der Waals surface area contributed by atoms with Gasteiger partial charge in [0.05, 0.1) is 23.3 Å². The maximum Gasteiger partial charge on any atom is 0.321 e. The molecule has 1 heterocycles. The maximum atomic E-state index is 12.0. The van der Waals surface area contributed by atoms with E-state index in [-0.39, 0.29) is 12.6 Å². The standard InChI is InChI=1S/C15H17N3O3/c1-10(14(19)20)9-18(2)15(21)17-12-7-11-5-3-4-6-13(11)16-8-12/h3-8,10H,9H2,1-2H3,(H,17,21)(H,19,20). The van der Waals surface area contributed by atoms with E-state index in [0.29, 0.717) is 5.69 Å². The molecule has 2 rings (SSSR count). The molecule has 2 N–H and O–H groups in total. The van der Waals surface area contributed by atoms with E-state index in [1.807, 2.05) is 30.3 Å². The SMILES string of the molecule is CC(CN(C)C(=O)Nc1cnc2ccccc2c1)C(=O)O. The summed E-state index contributed by atoms with van der Waals surface area (Å²) in [5, 5.41) is 12.5. The second kappa shape index (κ2) is 6.21. The number of pyridine rings is 1. The highest BCUT2D eigenvalue weighted by atomic mass is 16.4. The van der Waals surface area contributed by atoms with Crippen LogP contribution in [0, 0.1) is 5.92 Å². The number of carboxylic acid groups (broad SMARTS) is 1. The molecular formula is C15H17N3O3. The highest BCUT2D eigenvalue weighted by Crippen LogP contribution is 2.16. The van der Waals surface area contributed by atoms with Crippen LogP contribution in [-0.2, 0) is 4.79 Å². The average Bonchev–Trinajstić information content (AvgIpc) is 2.46. The van der Waals surface area contributed by atoms with E-state index in [1.165, 1.54) is 4.90 Å². The minimum Gasteiger partial charge on any atom is -0.481 e. The van der Waals surface area contributed by atoms with E-state index in [4.69, 9.17) is 5.11 Å². The Labute approximate surface area is 122 Å². The molecule has 6 nitrogen and oxygen atoms in total. The second-order valence-electron chi connectivity index (χ2n) is 4.97. The third-order valence-corrected chi connectivity index (χ3v) is 3.16. The van der Waals surface area contributed by atoms with Crippen molar-refractivity contribution >= 4 is 28.6 Å². The van der Waals surface area contributed by atoms with Gasteiger partial charge in [0.2, 0.25) is 0 Å². The molecule has 6 heteroatoms. The van der Waals surface area contributed by atoms with Crippen molar-refractivity contribution in [2.24, 2.45) is 5.92 Å². The molecule has 110 valence electrons. The number of fused-ring (bicyclic) bond motifs is 1. The van der Waals surface area contributed by atoms with Gasteiger partial charge in [-0.05, 0) is 12.1 Å². The molecule has 1 unspecified atom stereocenters. The Bertz CT molecular complexity index is 672. The van der Waals surface area contributed by atoms with Gasteiger partial charge in [0.1, 0.15) is 0 Å². The molecule has 0 spiro atoms. The highest BCUT2D eigenvalue weighted by molar-refractivity contribution is 5.92. The summed E-state index contributed by atoms with van der Waals surface area (Å²) in [7, 11) is 1.56.